The zero-order chi connectivity index (χ0) is 2.00. The molecule has 0 bridgehead atoms. The summed E-state index contributed by atoms with van der Waals surface area (Å²) in [5.74, 6) is 0. The van der Waals surface area contributed by atoms with Gasteiger partial charge in [0.2, 0.25) is 0 Å². The average Bonchev–Trinajstić information content (AvgIpc) is 1.00. The molecule has 0 spiro atoms. The fourth-order valence-corrected chi connectivity index (χ4v) is 0. The van der Waals surface area contributed by atoms with Gasteiger partial charge in [-0.2, -0.15) is 0 Å². The smallest absolute Gasteiger partial charge is 1.00 e. The van der Waals surface area contributed by atoms with Gasteiger partial charge in [-0.1, -0.05) is 0 Å². The molecule has 0 aliphatic carbocycles. The molecule has 0 aliphatic heterocycles. The summed E-state index contributed by atoms with van der Waals surface area (Å²) in [7, 11) is 4.78. The Morgan fingerprint density at radius 3 is 1.25 bits per heavy atom. The molecule has 0 nitrogen and oxygen atoms in total. The molecule has 0 atom stereocenters. The van der Waals surface area contributed by atoms with E-state index in [4.69, 9.17) is 10.0 Å². The predicted octanol–water partition coefficient (Wildman–Crippen LogP) is -6.22. The maximum atomic E-state index is 4.78. The van der Waals surface area contributed by atoms with E-state index in [1.807, 2.05) is 0 Å². The van der Waals surface area contributed by atoms with Crippen LogP contribution in [0.3, 0.4) is 0 Å². The van der Waals surface area contributed by atoms with Crippen LogP contribution in [0.1, 0.15) is 0 Å². The van der Waals surface area contributed by atoms with Crippen molar-refractivity contribution >= 4 is 25.4 Å². The summed E-state index contributed by atoms with van der Waals surface area (Å²) >= 11 is 0.778. The summed E-state index contributed by atoms with van der Waals surface area (Å²) in [6.45, 7) is 0. The fourth-order valence-electron chi connectivity index (χ4n) is 0. The van der Waals surface area contributed by atoms with Crippen molar-refractivity contribution in [2.45, 2.75) is 0 Å². The first kappa shape index (κ1) is 15.9. The molecule has 0 N–H and O–H groups in total. The largest absolute Gasteiger partial charge is 1.00 e. The molecule has 0 saturated heterocycles. The molecule has 0 fully saturated rings. The third-order valence-electron chi connectivity index (χ3n) is 0. The molecule has 4 heavy (non-hydrogen) atoms. The Morgan fingerprint density at radius 1 is 1.25 bits per heavy atom. The maximum Gasteiger partial charge on any atom is 1.00 e. The van der Waals surface area contributed by atoms with E-state index in [2.05, 4.69) is 0 Å². The molecule has 0 aromatic heterocycles. The molecule has 0 aromatic carbocycles. The average molecular weight is 139 g/mol. The number of halogens is 2. The van der Waals surface area contributed by atoms with Gasteiger partial charge in [-0.3, -0.25) is 10.0 Å². The standard InChI is InChI=1S/Al.2ClH.K.2H/h;2*1H;;;/q+1;;;+1;;/p-2. The van der Waals surface area contributed by atoms with Crippen LogP contribution in [0, 0.1) is 0 Å². The minimum atomic E-state index is 0. The SMILES string of the molecule is [AlH2][Cl].[Cl-].[K+]. The van der Waals surface area contributed by atoms with E-state index >= 15 is 0 Å². The third-order valence-corrected chi connectivity index (χ3v) is 0. The van der Waals surface area contributed by atoms with E-state index in [1.165, 1.54) is 0 Å². The van der Waals surface area contributed by atoms with Crippen LogP contribution in [0.5, 0.6) is 0 Å². The number of hydrogen-bond donors (Lipinski definition) is 0. The van der Waals surface area contributed by atoms with Crippen molar-refractivity contribution in [2.24, 2.45) is 0 Å². The van der Waals surface area contributed by atoms with Gasteiger partial charge in [0.25, 0.3) is 0 Å². The predicted molar refractivity (Wildman–Crippen MR) is 14.4 cm³/mol. The number of hydrogen-bond acceptors (Lipinski definition) is 0. The Morgan fingerprint density at radius 2 is 1.25 bits per heavy atom. The quantitative estimate of drug-likeness (QED) is 0.293. The van der Waals surface area contributed by atoms with Gasteiger partial charge in [-0.05, 0) is 0 Å². The molecule has 0 aromatic rings. The minimum absolute atomic E-state index is 0. The molecule has 20 valence electrons. The van der Waals surface area contributed by atoms with Crippen molar-refractivity contribution in [2.75, 3.05) is 0 Å². The van der Waals surface area contributed by atoms with Crippen LogP contribution >= 0.6 is 10.0 Å². The fraction of sp³-hybridized carbons (Fsp3) is 0. The first-order chi connectivity index (χ1) is 1.00. The second-order valence-corrected chi connectivity index (χ2v) is 0. The molecule has 0 radical (unpaired) electrons. The van der Waals surface area contributed by atoms with Gasteiger partial charge >= 0.3 is 66.8 Å². The summed E-state index contributed by atoms with van der Waals surface area (Å²) in [4.78, 5) is 0. The van der Waals surface area contributed by atoms with Gasteiger partial charge in [-0.15, -0.1) is 0 Å². The van der Waals surface area contributed by atoms with Crippen molar-refractivity contribution in [1.82, 2.24) is 0 Å². The Hall–Kier alpha value is 2.75. The topological polar surface area (TPSA) is 0 Å². The van der Waals surface area contributed by atoms with Gasteiger partial charge in [0, 0.05) is 0 Å². The van der Waals surface area contributed by atoms with Crippen LogP contribution in [0.4, 0.5) is 0 Å². The molecular formula is H2AlCl2K. The third kappa shape index (κ3) is 8.83. The van der Waals surface area contributed by atoms with Crippen LogP contribution in [-0.2, 0) is 0 Å². The molecule has 4 heteroatoms. The van der Waals surface area contributed by atoms with Gasteiger partial charge in [-0.25, -0.2) is 0 Å². The summed E-state index contributed by atoms with van der Waals surface area (Å²) < 4.78 is 0. The van der Waals surface area contributed by atoms with Crippen molar-refractivity contribution < 1.29 is 63.8 Å². The van der Waals surface area contributed by atoms with Gasteiger partial charge in [0.15, 0.2) is 0 Å². The first-order valence-electron chi connectivity index (χ1n) is 0.378. The van der Waals surface area contributed by atoms with E-state index < -0.39 is 0 Å². The van der Waals surface area contributed by atoms with E-state index in [0.717, 1.165) is 15.4 Å². The maximum absolute atomic E-state index is 4.78. The monoisotopic (exact) mass is 138 g/mol. The van der Waals surface area contributed by atoms with Crippen LogP contribution in [-0.4, -0.2) is 15.4 Å². The zero-order valence-electron chi connectivity index (χ0n) is 2.76. The summed E-state index contributed by atoms with van der Waals surface area (Å²) in [5.41, 5.74) is 0. The summed E-state index contributed by atoms with van der Waals surface area (Å²) in [5, 5.41) is 0. The van der Waals surface area contributed by atoms with E-state index in [9.17, 15) is 0 Å². The van der Waals surface area contributed by atoms with E-state index in [0.29, 0.717) is 0 Å². The molecule has 0 amide bonds. The van der Waals surface area contributed by atoms with Crippen molar-refractivity contribution in [3.63, 3.8) is 0 Å². The second-order valence-electron chi connectivity index (χ2n) is 0. The molecular weight excluding hydrogens is 137 g/mol. The van der Waals surface area contributed by atoms with Crippen LogP contribution < -0.4 is 63.8 Å². The van der Waals surface area contributed by atoms with Crippen LogP contribution in [0.25, 0.3) is 0 Å². The van der Waals surface area contributed by atoms with E-state index in [-0.39, 0.29) is 63.8 Å². The van der Waals surface area contributed by atoms with Gasteiger partial charge in [0.05, 0.1) is 0 Å². The first-order valence-corrected chi connectivity index (χ1v) is 3.40. The Kier molecular flexibility index (Phi) is 68.1. The molecule has 0 saturated carbocycles. The van der Waals surface area contributed by atoms with Gasteiger partial charge in [0.1, 0.15) is 0 Å². The Bertz CT molecular complexity index is 6.00. The van der Waals surface area contributed by atoms with Crippen molar-refractivity contribution in [3.8, 4) is 0 Å². The van der Waals surface area contributed by atoms with Gasteiger partial charge < -0.3 is 12.4 Å². The molecule has 0 unspecified atom stereocenters. The molecule has 0 aliphatic rings. The number of rotatable bonds is 0. The molecule has 0 rings (SSSR count). The van der Waals surface area contributed by atoms with E-state index in [1.54, 1.807) is 0 Å². The Balaban J connectivity index is -0.00000000500. The molecule has 0 heterocycles. The van der Waals surface area contributed by atoms with Crippen molar-refractivity contribution in [3.05, 3.63) is 0 Å². The normalized spacial score (nSPS) is 1.25. The minimum Gasteiger partial charge on any atom is -1.00 e. The summed E-state index contributed by atoms with van der Waals surface area (Å²) in [6, 6.07) is 0. The second kappa shape index (κ2) is 17.2. The summed E-state index contributed by atoms with van der Waals surface area (Å²) in [6.07, 6.45) is 0. The zero-order valence-corrected chi connectivity index (χ0v) is 9.39. The Labute approximate surface area is 87.1 Å². The van der Waals surface area contributed by atoms with Crippen molar-refractivity contribution in [1.29, 1.82) is 0 Å². The van der Waals surface area contributed by atoms with Crippen LogP contribution in [0.15, 0.2) is 0 Å². The van der Waals surface area contributed by atoms with Crippen LogP contribution in [0.2, 0.25) is 0 Å².